The SMILES string of the molecule is Cc1ncc2c(n1)C(CCN)N(C)CC2. The minimum Gasteiger partial charge on any atom is -0.330 e. The van der Waals surface area contributed by atoms with Crippen LogP contribution in [0, 0.1) is 6.92 Å². The second-order valence-corrected chi connectivity index (χ2v) is 4.15. The normalized spacial score (nSPS) is 21.4. The number of nitrogens with two attached hydrogens (primary N) is 1. The van der Waals surface area contributed by atoms with E-state index in [2.05, 4.69) is 21.9 Å². The van der Waals surface area contributed by atoms with E-state index >= 15 is 0 Å². The van der Waals surface area contributed by atoms with Gasteiger partial charge in [-0.2, -0.15) is 0 Å². The molecule has 2 heterocycles. The van der Waals surface area contributed by atoms with Crippen molar-refractivity contribution in [1.29, 1.82) is 0 Å². The largest absolute Gasteiger partial charge is 0.330 e. The van der Waals surface area contributed by atoms with Gasteiger partial charge in [0.2, 0.25) is 0 Å². The standard InChI is InChI=1S/C11H18N4/c1-8-13-7-9-4-6-15(2)10(3-5-12)11(9)14-8/h7,10H,3-6,12H2,1-2H3. The van der Waals surface area contributed by atoms with E-state index in [1.807, 2.05) is 13.1 Å². The Balaban J connectivity index is 2.36. The number of aryl methyl sites for hydroxylation is 1. The second-order valence-electron chi connectivity index (χ2n) is 4.15. The maximum atomic E-state index is 5.65. The Kier molecular flexibility index (Phi) is 2.98. The van der Waals surface area contributed by atoms with Crippen LogP contribution in [-0.4, -0.2) is 35.0 Å². The predicted molar refractivity (Wildman–Crippen MR) is 59.5 cm³/mol. The van der Waals surface area contributed by atoms with Gasteiger partial charge in [-0.3, -0.25) is 4.90 Å². The van der Waals surface area contributed by atoms with E-state index in [1.165, 1.54) is 11.3 Å². The summed E-state index contributed by atoms with van der Waals surface area (Å²) in [5.74, 6) is 0.853. The molecule has 4 nitrogen and oxygen atoms in total. The van der Waals surface area contributed by atoms with Crippen molar-refractivity contribution in [3.63, 3.8) is 0 Å². The summed E-state index contributed by atoms with van der Waals surface area (Å²) in [5, 5.41) is 0. The van der Waals surface area contributed by atoms with E-state index in [1.54, 1.807) is 0 Å². The first-order chi connectivity index (χ1) is 7.22. The quantitative estimate of drug-likeness (QED) is 0.772. The number of aromatic nitrogens is 2. The molecule has 1 aromatic rings. The van der Waals surface area contributed by atoms with Gasteiger partial charge in [0.05, 0.1) is 11.7 Å². The Hall–Kier alpha value is -1.00. The van der Waals surface area contributed by atoms with Crippen molar-refractivity contribution in [1.82, 2.24) is 14.9 Å². The molecule has 0 aromatic carbocycles. The molecule has 2 N–H and O–H groups in total. The number of fused-ring (bicyclic) bond motifs is 1. The lowest BCUT2D eigenvalue weighted by Gasteiger charge is -2.33. The van der Waals surface area contributed by atoms with E-state index in [4.69, 9.17) is 5.73 Å². The molecule has 0 fully saturated rings. The zero-order chi connectivity index (χ0) is 10.8. The van der Waals surface area contributed by atoms with Gasteiger partial charge in [-0.15, -0.1) is 0 Å². The number of hydrogen-bond acceptors (Lipinski definition) is 4. The molecule has 0 aliphatic carbocycles. The molecule has 0 bridgehead atoms. The molecule has 1 aliphatic heterocycles. The zero-order valence-corrected chi connectivity index (χ0v) is 9.40. The van der Waals surface area contributed by atoms with Crippen LogP contribution in [0.4, 0.5) is 0 Å². The lowest BCUT2D eigenvalue weighted by Crippen LogP contribution is -2.34. The molecule has 1 aromatic heterocycles. The minimum absolute atomic E-state index is 0.375. The van der Waals surface area contributed by atoms with E-state index in [0.717, 1.165) is 25.2 Å². The number of rotatable bonds is 2. The smallest absolute Gasteiger partial charge is 0.125 e. The topological polar surface area (TPSA) is 55.0 Å². The summed E-state index contributed by atoms with van der Waals surface area (Å²) in [4.78, 5) is 11.1. The van der Waals surface area contributed by atoms with Gasteiger partial charge in [0.25, 0.3) is 0 Å². The predicted octanol–water partition coefficient (Wildman–Crippen LogP) is 0.663. The molecular formula is C11H18N4. The van der Waals surface area contributed by atoms with Gasteiger partial charge in [-0.1, -0.05) is 0 Å². The highest BCUT2D eigenvalue weighted by Crippen LogP contribution is 2.28. The van der Waals surface area contributed by atoms with Gasteiger partial charge in [-0.25, -0.2) is 9.97 Å². The number of nitrogens with zero attached hydrogens (tertiary/aromatic N) is 3. The fourth-order valence-electron chi connectivity index (χ4n) is 2.17. The third-order valence-corrected chi connectivity index (χ3v) is 3.04. The Morgan fingerprint density at radius 2 is 2.40 bits per heavy atom. The van der Waals surface area contributed by atoms with Gasteiger partial charge in [0, 0.05) is 12.7 Å². The van der Waals surface area contributed by atoms with E-state index < -0.39 is 0 Å². The Bertz CT molecular complexity index is 350. The molecule has 0 saturated heterocycles. The fraction of sp³-hybridized carbons (Fsp3) is 0.636. The summed E-state index contributed by atoms with van der Waals surface area (Å²) in [6, 6.07) is 0.375. The van der Waals surface area contributed by atoms with Crippen molar-refractivity contribution >= 4 is 0 Å². The highest BCUT2D eigenvalue weighted by Gasteiger charge is 2.25. The lowest BCUT2D eigenvalue weighted by atomic mass is 9.97. The average Bonchev–Trinajstić information content (AvgIpc) is 2.23. The van der Waals surface area contributed by atoms with Crippen molar-refractivity contribution in [2.45, 2.75) is 25.8 Å². The van der Waals surface area contributed by atoms with Crippen LogP contribution in [0.3, 0.4) is 0 Å². The molecule has 2 rings (SSSR count). The molecule has 15 heavy (non-hydrogen) atoms. The maximum absolute atomic E-state index is 5.65. The van der Waals surface area contributed by atoms with Gasteiger partial charge >= 0.3 is 0 Å². The molecule has 0 amide bonds. The van der Waals surface area contributed by atoms with Crippen molar-refractivity contribution in [3.05, 3.63) is 23.3 Å². The summed E-state index contributed by atoms with van der Waals surface area (Å²) in [6.45, 7) is 3.72. The summed E-state index contributed by atoms with van der Waals surface area (Å²) in [6.07, 6.45) is 3.99. The van der Waals surface area contributed by atoms with Crippen LogP contribution < -0.4 is 5.73 Å². The van der Waals surface area contributed by atoms with Crippen LogP contribution in [0.1, 0.15) is 29.5 Å². The maximum Gasteiger partial charge on any atom is 0.125 e. The van der Waals surface area contributed by atoms with E-state index in [0.29, 0.717) is 12.6 Å². The first-order valence-electron chi connectivity index (χ1n) is 5.45. The first-order valence-corrected chi connectivity index (χ1v) is 5.45. The van der Waals surface area contributed by atoms with Crippen molar-refractivity contribution in [2.24, 2.45) is 5.73 Å². The highest BCUT2D eigenvalue weighted by atomic mass is 15.2. The van der Waals surface area contributed by atoms with E-state index in [9.17, 15) is 0 Å². The summed E-state index contributed by atoms with van der Waals surface area (Å²) >= 11 is 0. The molecule has 1 atom stereocenters. The molecular weight excluding hydrogens is 188 g/mol. The van der Waals surface area contributed by atoms with Crippen LogP contribution >= 0.6 is 0 Å². The Morgan fingerprint density at radius 1 is 1.60 bits per heavy atom. The van der Waals surface area contributed by atoms with Crippen LogP contribution in [0.25, 0.3) is 0 Å². The zero-order valence-electron chi connectivity index (χ0n) is 9.40. The minimum atomic E-state index is 0.375. The van der Waals surface area contributed by atoms with Crippen LogP contribution in [-0.2, 0) is 6.42 Å². The van der Waals surface area contributed by atoms with Crippen molar-refractivity contribution in [3.8, 4) is 0 Å². The molecule has 4 heteroatoms. The Labute approximate surface area is 90.5 Å². The van der Waals surface area contributed by atoms with Crippen molar-refractivity contribution < 1.29 is 0 Å². The molecule has 1 aliphatic rings. The van der Waals surface area contributed by atoms with Crippen LogP contribution in [0.2, 0.25) is 0 Å². The van der Waals surface area contributed by atoms with Gasteiger partial charge in [0.1, 0.15) is 5.82 Å². The molecule has 0 saturated carbocycles. The Morgan fingerprint density at radius 3 is 3.13 bits per heavy atom. The molecule has 82 valence electrons. The third-order valence-electron chi connectivity index (χ3n) is 3.04. The highest BCUT2D eigenvalue weighted by molar-refractivity contribution is 5.24. The summed E-state index contributed by atoms with van der Waals surface area (Å²) in [5.41, 5.74) is 8.12. The van der Waals surface area contributed by atoms with Crippen molar-refractivity contribution in [2.75, 3.05) is 20.1 Å². The van der Waals surface area contributed by atoms with Crippen LogP contribution in [0.5, 0.6) is 0 Å². The lowest BCUT2D eigenvalue weighted by molar-refractivity contribution is 0.215. The number of hydrogen-bond donors (Lipinski definition) is 1. The number of likely N-dealkylation sites (N-methyl/N-ethyl adjacent to an activating group) is 1. The van der Waals surface area contributed by atoms with Gasteiger partial charge in [0.15, 0.2) is 0 Å². The third kappa shape index (κ3) is 2.01. The molecule has 0 spiro atoms. The monoisotopic (exact) mass is 206 g/mol. The average molecular weight is 206 g/mol. The molecule has 0 radical (unpaired) electrons. The fourth-order valence-corrected chi connectivity index (χ4v) is 2.17. The van der Waals surface area contributed by atoms with E-state index in [-0.39, 0.29) is 0 Å². The molecule has 1 unspecified atom stereocenters. The summed E-state index contributed by atoms with van der Waals surface area (Å²) < 4.78 is 0. The first kappa shape index (κ1) is 10.5. The van der Waals surface area contributed by atoms with Crippen LogP contribution in [0.15, 0.2) is 6.20 Å². The van der Waals surface area contributed by atoms with Gasteiger partial charge in [-0.05, 0) is 38.9 Å². The van der Waals surface area contributed by atoms with Gasteiger partial charge < -0.3 is 5.73 Å². The second kappa shape index (κ2) is 4.24. The summed E-state index contributed by atoms with van der Waals surface area (Å²) in [7, 11) is 2.14.